The molecule has 0 unspecified atom stereocenters. The molecule has 0 bridgehead atoms. The number of carbonyl (C=O) groups excluding carboxylic acids is 2. The fourth-order valence-electron chi connectivity index (χ4n) is 3.67. The zero-order valence-corrected chi connectivity index (χ0v) is 15.4. The second kappa shape index (κ2) is 7.83. The maximum absolute atomic E-state index is 12.8. The van der Waals surface area contributed by atoms with E-state index in [9.17, 15) is 14.7 Å². The van der Waals surface area contributed by atoms with Crippen molar-refractivity contribution in [2.24, 2.45) is 17.3 Å². The van der Waals surface area contributed by atoms with Gasteiger partial charge in [0.05, 0.1) is 5.56 Å². The van der Waals surface area contributed by atoms with Crippen LogP contribution in [-0.2, 0) is 4.79 Å². The molecule has 0 radical (unpaired) electrons. The SMILES string of the molecule is C[C@H](CC(=O)[C@@H]1[C@H](C)C=CCC1(C)C)NNC(=O)c1ccccc1O. The van der Waals surface area contributed by atoms with Gasteiger partial charge in [0.2, 0.25) is 0 Å². The first-order chi connectivity index (χ1) is 11.7. The van der Waals surface area contributed by atoms with E-state index in [1.165, 1.54) is 6.07 Å². The van der Waals surface area contributed by atoms with Crippen molar-refractivity contribution < 1.29 is 14.7 Å². The van der Waals surface area contributed by atoms with Gasteiger partial charge >= 0.3 is 0 Å². The predicted molar refractivity (Wildman–Crippen MR) is 98.0 cm³/mol. The average Bonchev–Trinajstić information content (AvgIpc) is 2.52. The number of para-hydroxylation sites is 1. The number of aromatic hydroxyl groups is 1. The first-order valence-corrected chi connectivity index (χ1v) is 8.75. The first-order valence-electron chi connectivity index (χ1n) is 8.75. The minimum Gasteiger partial charge on any atom is -0.507 e. The third-order valence-electron chi connectivity index (χ3n) is 4.89. The maximum atomic E-state index is 12.8. The summed E-state index contributed by atoms with van der Waals surface area (Å²) in [6.45, 7) is 8.21. The molecule has 0 saturated carbocycles. The average molecular weight is 344 g/mol. The summed E-state index contributed by atoms with van der Waals surface area (Å²) in [5, 5.41) is 9.70. The topological polar surface area (TPSA) is 78.4 Å². The lowest BCUT2D eigenvalue weighted by Crippen LogP contribution is -2.46. The van der Waals surface area contributed by atoms with Gasteiger partial charge in [-0.15, -0.1) is 0 Å². The highest BCUT2D eigenvalue weighted by atomic mass is 16.3. The lowest BCUT2D eigenvalue weighted by atomic mass is 9.65. The third kappa shape index (κ3) is 4.69. The number of phenols is 1. The number of ketones is 1. The Morgan fingerprint density at radius 2 is 2.00 bits per heavy atom. The van der Waals surface area contributed by atoms with Crippen LogP contribution in [0.1, 0.15) is 50.9 Å². The maximum Gasteiger partial charge on any atom is 0.269 e. The minimum atomic E-state index is -0.424. The van der Waals surface area contributed by atoms with Gasteiger partial charge in [-0.2, -0.15) is 0 Å². The summed E-state index contributed by atoms with van der Waals surface area (Å²) < 4.78 is 0. The van der Waals surface area contributed by atoms with E-state index in [0.717, 1.165) is 6.42 Å². The quantitative estimate of drug-likeness (QED) is 0.547. The second-order valence-corrected chi connectivity index (χ2v) is 7.64. The van der Waals surface area contributed by atoms with Gasteiger partial charge in [-0.05, 0) is 36.8 Å². The van der Waals surface area contributed by atoms with E-state index < -0.39 is 5.91 Å². The first kappa shape index (κ1) is 19.2. The zero-order chi connectivity index (χ0) is 18.6. The van der Waals surface area contributed by atoms with Crippen LogP contribution in [0.2, 0.25) is 0 Å². The normalized spacial score (nSPS) is 23.0. The molecular weight excluding hydrogens is 316 g/mol. The molecule has 1 aliphatic carbocycles. The molecule has 0 spiro atoms. The van der Waals surface area contributed by atoms with Crippen LogP contribution in [0.5, 0.6) is 5.75 Å². The summed E-state index contributed by atoms with van der Waals surface area (Å²) in [6.07, 6.45) is 5.52. The number of benzene rings is 1. The molecule has 1 aliphatic rings. The number of allylic oxidation sites excluding steroid dienone is 2. The molecule has 1 aromatic rings. The molecule has 0 aromatic heterocycles. The molecule has 0 aliphatic heterocycles. The van der Waals surface area contributed by atoms with Crippen molar-refractivity contribution in [3.05, 3.63) is 42.0 Å². The smallest absolute Gasteiger partial charge is 0.269 e. The lowest BCUT2D eigenvalue weighted by Gasteiger charge is -2.39. The molecule has 136 valence electrons. The number of rotatable bonds is 6. The summed E-state index contributed by atoms with van der Waals surface area (Å²) >= 11 is 0. The van der Waals surface area contributed by atoms with Crippen LogP contribution in [0.3, 0.4) is 0 Å². The summed E-state index contributed by atoms with van der Waals surface area (Å²) in [4.78, 5) is 24.9. The van der Waals surface area contributed by atoms with E-state index in [2.05, 4.69) is 43.8 Å². The van der Waals surface area contributed by atoms with E-state index in [-0.39, 0.29) is 40.4 Å². The lowest BCUT2D eigenvalue weighted by molar-refractivity contribution is -0.128. The van der Waals surface area contributed by atoms with E-state index in [1.54, 1.807) is 18.2 Å². The molecule has 1 amide bonds. The van der Waals surface area contributed by atoms with Crippen molar-refractivity contribution in [2.45, 2.75) is 46.6 Å². The Bertz CT molecular complexity index is 667. The van der Waals surface area contributed by atoms with Gasteiger partial charge < -0.3 is 5.11 Å². The van der Waals surface area contributed by atoms with Crippen LogP contribution < -0.4 is 10.9 Å². The van der Waals surface area contributed by atoms with E-state index in [0.29, 0.717) is 6.42 Å². The second-order valence-electron chi connectivity index (χ2n) is 7.64. The van der Waals surface area contributed by atoms with E-state index in [1.807, 2.05) is 6.92 Å². The van der Waals surface area contributed by atoms with E-state index in [4.69, 9.17) is 0 Å². The number of hydrazine groups is 1. The summed E-state index contributed by atoms with van der Waals surface area (Å²) in [5.41, 5.74) is 5.58. The third-order valence-corrected chi connectivity index (χ3v) is 4.89. The predicted octanol–water partition coefficient (Wildman–Crippen LogP) is 3.21. The molecular formula is C20H28N2O3. The Balaban J connectivity index is 1.90. The zero-order valence-electron chi connectivity index (χ0n) is 15.4. The molecule has 0 saturated heterocycles. The highest BCUT2D eigenvalue weighted by Crippen LogP contribution is 2.41. The van der Waals surface area contributed by atoms with Gasteiger partial charge in [-0.1, -0.05) is 45.1 Å². The number of Topliss-reactive ketones (excluding diaryl/α,β-unsaturated/α-hetero) is 1. The fourth-order valence-corrected chi connectivity index (χ4v) is 3.67. The van der Waals surface area contributed by atoms with Gasteiger partial charge in [-0.3, -0.25) is 15.0 Å². The highest BCUT2D eigenvalue weighted by molar-refractivity contribution is 5.96. The molecule has 3 N–H and O–H groups in total. The Morgan fingerprint density at radius 1 is 1.32 bits per heavy atom. The Morgan fingerprint density at radius 3 is 2.64 bits per heavy atom. The molecule has 25 heavy (non-hydrogen) atoms. The van der Waals surface area contributed by atoms with Crippen molar-refractivity contribution in [1.82, 2.24) is 10.9 Å². The molecule has 0 heterocycles. The fraction of sp³-hybridized carbons (Fsp3) is 0.500. The van der Waals surface area contributed by atoms with Crippen LogP contribution in [0.15, 0.2) is 36.4 Å². The summed E-state index contributed by atoms with van der Waals surface area (Å²) in [5.74, 6) is -0.0876. The molecule has 5 nitrogen and oxygen atoms in total. The largest absolute Gasteiger partial charge is 0.507 e. The van der Waals surface area contributed by atoms with Crippen molar-refractivity contribution in [3.63, 3.8) is 0 Å². The molecule has 1 aromatic carbocycles. The summed E-state index contributed by atoms with van der Waals surface area (Å²) in [6, 6.07) is 6.14. The molecule has 5 heteroatoms. The van der Waals surface area contributed by atoms with Crippen LogP contribution >= 0.6 is 0 Å². The van der Waals surface area contributed by atoms with Gasteiger partial charge in [-0.25, -0.2) is 5.43 Å². The highest BCUT2D eigenvalue weighted by Gasteiger charge is 2.39. The Hall–Kier alpha value is -2.14. The number of carbonyl (C=O) groups is 2. The van der Waals surface area contributed by atoms with Crippen LogP contribution in [0.4, 0.5) is 0 Å². The number of hydrogen-bond donors (Lipinski definition) is 3. The minimum absolute atomic E-state index is 0.0179. The van der Waals surface area contributed by atoms with Crippen molar-refractivity contribution in [3.8, 4) is 5.75 Å². The number of amides is 1. The van der Waals surface area contributed by atoms with Crippen molar-refractivity contribution in [1.29, 1.82) is 0 Å². The monoisotopic (exact) mass is 344 g/mol. The van der Waals surface area contributed by atoms with Crippen LogP contribution in [-0.4, -0.2) is 22.8 Å². The van der Waals surface area contributed by atoms with Crippen LogP contribution in [0, 0.1) is 17.3 Å². The van der Waals surface area contributed by atoms with Crippen molar-refractivity contribution in [2.75, 3.05) is 0 Å². The number of nitrogens with one attached hydrogen (secondary N) is 2. The summed E-state index contributed by atoms with van der Waals surface area (Å²) in [7, 11) is 0. The van der Waals surface area contributed by atoms with E-state index >= 15 is 0 Å². The van der Waals surface area contributed by atoms with Gasteiger partial charge in [0.25, 0.3) is 5.91 Å². The molecule has 3 atom stereocenters. The van der Waals surface area contributed by atoms with Crippen LogP contribution in [0.25, 0.3) is 0 Å². The van der Waals surface area contributed by atoms with Crippen molar-refractivity contribution >= 4 is 11.7 Å². The standard InChI is InChI=1S/C20H28N2O3/c1-13-8-7-11-20(3,4)18(13)17(24)12-14(2)21-22-19(25)15-9-5-6-10-16(15)23/h5-10,13-14,18,21,23H,11-12H2,1-4H3,(H,22,25)/t13-,14-,18+/m1/s1. The Labute approximate surface area is 149 Å². The number of hydrogen-bond acceptors (Lipinski definition) is 4. The van der Waals surface area contributed by atoms with Gasteiger partial charge in [0.1, 0.15) is 11.5 Å². The van der Waals surface area contributed by atoms with Gasteiger partial charge in [0, 0.05) is 18.4 Å². The molecule has 0 fully saturated rings. The number of phenolic OH excluding ortho intramolecular Hbond substituents is 1. The molecule has 2 rings (SSSR count). The van der Waals surface area contributed by atoms with Gasteiger partial charge in [0.15, 0.2) is 0 Å². The Kier molecular flexibility index (Phi) is 6.01.